The molecule has 2 heterocycles. The van der Waals surface area contributed by atoms with Crippen LogP contribution in [-0.4, -0.2) is 77.4 Å². The fraction of sp³-hybridized carbons (Fsp3) is 0.650. The van der Waals surface area contributed by atoms with E-state index < -0.39 is 0 Å². The molecule has 1 aromatic heterocycles. The predicted octanol–water partition coefficient (Wildman–Crippen LogP) is 2.12. The van der Waals surface area contributed by atoms with E-state index in [4.69, 9.17) is 0 Å². The third-order valence-corrected chi connectivity index (χ3v) is 6.23. The Morgan fingerprint density at radius 1 is 1.48 bits per heavy atom. The number of likely N-dealkylation sites (N-methyl/N-ethyl adjacent to an activating group) is 1. The molecule has 27 heavy (non-hydrogen) atoms. The second-order valence-corrected chi connectivity index (χ2v) is 8.50. The zero-order valence-electron chi connectivity index (χ0n) is 17.0. The van der Waals surface area contributed by atoms with Gasteiger partial charge in [0.1, 0.15) is 6.54 Å². The molecule has 7 heteroatoms. The SMILES string of the molecule is CCNC(=NCC(=O)N(C)CCc1ccccn1)N1CCSC(C(C)C)C1. The largest absolute Gasteiger partial charge is 0.357 e. The summed E-state index contributed by atoms with van der Waals surface area (Å²) in [5, 5.41) is 3.96. The van der Waals surface area contributed by atoms with Crippen LogP contribution in [0.15, 0.2) is 29.4 Å². The summed E-state index contributed by atoms with van der Waals surface area (Å²) in [5.41, 5.74) is 1.000. The molecule has 1 amide bonds. The lowest BCUT2D eigenvalue weighted by molar-refractivity contribution is -0.128. The first-order chi connectivity index (χ1) is 13.0. The van der Waals surface area contributed by atoms with E-state index in [0.29, 0.717) is 17.7 Å². The molecule has 1 saturated heterocycles. The fourth-order valence-electron chi connectivity index (χ4n) is 2.91. The fourth-order valence-corrected chi connectivity index (χ4v) is 4.21. The molecule has 1 N–H and O–H groups in total. The Hall–Kier alpha value is -1.76. The molecule has 0 aliphatic carbocycles. The highest BCUT2D eigenvalue weighted by molar-refractivity contribution is 8.00. The number of pyridine rings is 1. The van der Waals surface area contributed by atoms with Gasteiger partial charge in [0.2, 0.25) is 5.91 Å². The van der Waals surface area contributed by atoms with E-state index in [-0.39, 0.29) is 12.5 Å². The number of hydrogen-bond acceptors (Lipinski definition) is 4. The number of nitrogens with zero attached hydrogens (tertiary/aromatic N) is 4. The zero-order valence-corrected chi connectivity index (χ0v) is 17.8. The summed E-state index contributed by atoms with van der Waals surface area (Å²) in [6, 6.07) is 5.86. The number of nitrogens with one attached hydrogen (secondary N) is 1. The van der Waals surface area contributed by atoms with Crippen LogP contribution in [-0.2, 0) is 11.2 Å². The molecular formula is C20H33N5OS. The van der Waals surface area contributed by atoms with Gasteiger partial charge in [-0.3, -0.25) is 9.78 Å². The van der Waals surface area contributed by atoms with E-state index in [0.717, 1.165) is 43.5 Å². The minimum absolute atomic E-state index is 0.0353. The van der Waals surface area contributed by atoms with Crippen LogP contribution in [0.4, 0.5) is 0 Å². The van der Waals surface area contributed by atoms with Crippen LogP contribution in [0.2, 0.25) is 0 Å². The van der Waals surface area contributed by atoms with Crippen LogP contribution in [0, 0.1) is 5.92 Å². The Balaban J connectivity index is 1.89. The average molecular weight is 392 g/mol. The standard InChI is InChI=1S/C20H33N5OS/c1-5-21-20(25-12-13-27-18(15-25)16(2)3)23-14-19(26)24(4)11-9-17-8-6-7-10-22-17/h6-8,10,16,18H,5,9,11-15H2,1-4H3,(H,21,23). The molecule has 1 fully saturated rings. The number of carbonyl (C=O) groups excluding carboxylic acids is 1. The summed E-state index contributed by atoms with van der Waals surface area (Å²) in [4.78, 5) is 25.4. The van der Waals surface area contributed by atoms with E-state index in [1.165, 1.54) is 0 Å². The maximum absolute atomic E-state index is 12.5. The molecular weight excluding hydrogens is 358 g/mol. The van der Waals surface area contributed by atoms with Crippen molar-refractivity contribution in [1.29, 1.82) is 0 Å². The topological polar surface area (TPSA) is 60.8 Å². The van der Waals surface area contributed by atoms with Crippen LogP contribution in [0.25, 0.3) is 0 Å². The monoisotopic (exact) mass is 391 g/mol. The maximum Gasteiger partial charge on any atom is 0.244 e. The van der Waals surface area contributed by atoms with Gasteiger partial charge in [0, 0.05) is 62.5 Å². The van der Waals surface area contributed by atoms with Crippen LogP contribution < -0.4 is 5.32 Å². The van der Waals surface area contributed by atoms with Crippen LogP contribution >= 0.6 is 11.8 Å². The van der Waals surface area contributed by atoms with E-state index in [9.17, 15) is 4.79 Å². The Morgan fingerprint density at radius 2 is 2.30 bits per heavy atom. The number of guanidine groups is 1. The summed E-state index contributed by atoms with van der Waals surface area (Å²) in [5.74, 6) is 2.63. The molecule has 6 nitrogen and oxygen atoms in total. The van der Waals surface area contributed by atoms with Crippen molar-refractivity contribution < 1.29 is 4.79 Å². The highest BCUT2D eigenvalue weighted by Crippen LogP contribution is 2.24. The van der Waals surface area contributed by atoms with E-state index >= 15 is 0 Å². The number of rotatable bonds is 7. The number of aromatic nitrogens is 1. The summed E-state index contributed by atoms with van der Waals surface area (Å²) in [6.45, 7) is 10.2. The third kappa shape index (κ3) is 7.05. The smallest absolute Gasteiger partial charge is 0.244 e. The van der Waals surface area contributed by atoms with Gasteiger partial charge < -0.3 is 15.1 Å². The quantitative estimate of drug-likeness (QED) is 0.570. The molecule has 0 spiro atoms. The number of hydrogen-bond donors (Lipinski definition) is 1. The van der Waals surface area contributed by atoms with Crippen molar-refractivity contribution in [3.8, 4) is 0 Å². The van der Waals surface area contributed by atoms with Crippen molar-refractivity contribution in [2.24, 2.45) is 10.9 Å². The van der Waals surface area contributed by atoms with Gasteiger partial charge >= 0.3 is 0 Å². The lowest BCUT2D eigenvalue weighted by Gasteiger charge is -2.36. The third-order valence-electron chi connectivity index (χ3n) is 4.69. The summed E-state index contributed by atoms with van der Waals surface area (Å²) in [7, 11) is 1.83. The number of carbonyl (C=O) groups is 1. The molecule has 1 aliphatic rings. The van der Waals surface area contributed by atoms with Gasteiger partial charge in [-0.05, 0) is 25.0 Å². The maximum atomic E-state index is 12.5. The van der Waals surface area contributed by atoms with Gasteiger partial charge in [-0.25, -0.2) is 4.99 Å². The second-order valence-electron chi connectivity index (χ2n) is 7.16. The van der Waals surface area contributed by atoms with Crippen molar-refractivity contribution in [2.75, 3.05) is 45.5 Å². The summed E-state index contributed by atoms with van der Waals surface area (Å²) >= 11 is 2.04. The Morgan fingerprint density at radius 3 is 2.96 bits per heavy atom. The second kappa shape index (κ2) is 11.2. The van der Waals surface area contributed by atoms with Gasteiger partial charge in [0.25, 0.3) is 0 Å². The molecule has 150 valence electrons. The molecule has 1 aromatic rings. The molecule has 0 radical (unpaired) electrons. The molecule has 0 aromatic carbocycles. The zero-order chi connectivity index (χ0) is 19.6. The summed E-state index contributed by atoms with van der Waals surface area (Å²) in [6.07, 6.45) is 2.54. The van der Waals surface area contributed by atoms with Gasteiger partial charge in [-0.15, -0.1) is 0 Å². The minimum Gasteiger partial charge on any atom is -0.357 e. The van der Waals surface area contributed by atoms with Gasteiger partial charge in [-0.1, -0.05) is 19.9 Å². The lowest BCUT2D eigenvalue weighted by atomic mass is 10.1. The number of aliphatic imine (C=N–C) groups is 1. The van der Waals surface area contributed by atoms with Crippen molar-refractivity contribution in [1.82, 2.24) is 20.1 Å². The molecule has 0 bridgehead atoms. The molecule has 1 atom stereocenters. The first kappa shape index (κ1) is 21.5. The highest BCUT2D eigenvalue weighted by Gasteiger charge is 2.25. The van der Waals surface area contributed by atoms with Crippen molar-refractivity contribution in [3.05, 3.63) is 30.1 Å². The van der Waals surface area contributed by atoms with Crippen molar-refractivity contribution >= 4 is 23.6 Å². The molecule has 2 rings (SSSR count). The lowest BCUT2D eigenvalue weighted by Crippen LogP contribution is -2.49. The normalized spacial score (nSPS) is 17.9. The van der Waals surface area contributed by atoms with E-state index in [1.807, 2.05) is 37.0 Å². The number of thioether (sulfide) groups is 1. The van der Waals surface area contributed by atoms with Crippen LogP contribution in [0.5, 0.6) is 0 Å². The van der Waals surface area contributed by atoms with Gasteiger partial charge in [-0.2, -0.15) is 11.8 Å². The van der Waals surface area contributed by atoms with Crippen molar-refractivity contribution in [3.63, 3.8) is 0 Å². The van der Waals surface area contributed by atoms with Crippen LogP contribution in [0.1, 0.15) is 26.5 Å². The molecule has 1 aliphatic heterocycles. The van der Waals surface area contributed by atoms with E-state index in [2.05, 4.69) is 41.0 Å². The Kier molecular flexibility index (Phi) is 8.91. The van der Waals surface area contributed by atoms with Crippen molar-refractivity contribution in [2.45, 2.75) is 32.4 Å². The number of amides is 1. The van der Waals surface area contributed by atoms with Gasteiger partial charge in [0.15, 0.2) is 5.96 Å². The van der Waals surface area contributed by atoms with E-state index in [1.54, 1.807) is 11.1 Å². The van der Waals surface area contributed by atoms with Gasteiger partial charge in [0.05, 0.1) is 0 Å². The molecule has 1 unspecified atom stereocenters. The molecule has 0 saturated carbocycles. The first-order valence-corrected chi connectivity index (χ1v) is 10.8. The van der Waals surface area contributed by atoms with Crippen LogP contribution in [0.3, 0.4) is 0 Å². The Labute approximate surface area is 167 Å². The first-order valence-electron chi connectivity index (χ1n) is 9.80. The summed E-state index contributed by atoms with van der Waals surface area (Å²) < 4.78 is 0. The highest BCUT2D eigenvalue weighted by atomic mass is 32.2. The average Bonchev–Trinajstić information content (AvgIpc) is 2.69. The Bertz CT molecular complexity index is 608. The predicted molar refractivity (Wildman–Crippen MR) is 114 cm³/mol. The minimum atomic E-state index is 0.0353.